The number of pyridine rings is 1. The van der Waals surface area contributed by atoms with E-state index in [1.165, 1.54) is 19.0 Å². The zero-order valence-corrected chi connectivity index (χ0v) is 22.9. The van der Waals surface area contributed by atoms with E-state index in [0.29, 0.717) is 21.4 Å². The molecule has 1 aromatic heterocycles. The van der Waals surface area contributed by atoms with Gasteiger partial charge < -0.3 is 15.5 Å². The fraction of sp³-hybridized carbons (Fsp3) is 0.519. The molecule has 0 radical (unpaired) electrons. The van der Waals surface area contributed by atoms with Crippen LogP contribution in [0.4, 0.5) is 13.2 Å². The molecule has 0 spiro atoms. The number of aromatic nitrogens is 1. The fourth-order valence-electron chi connectivity index (χ4n) is 4.36. The second kappa shape index (κ2) is 11.8. The third-order valence-electron chi connectivity index (χ3n) is 7.22. The molecular formula is C27H31ClF3N5O3. The average molecular weight is 566 g/mol. The van der Waals surface area contributed by atoms with Crippen LogP contribution >= 0.6 is 11.6 Å². The van der Waals surface area contributed by atoms with Crippen molar-refractivity contribution in [2.75, 3.05) is 13.1 Å². The van der Waals surface area contributed by atoms with Gasteiger partial charge >= 0.3 is 12.1 Å². The zero-order valence-electron chi connectivity index (χ0n) is 22.1. The summed E-state index contributed by atoms with van der Waals surface area (Å²) in [7, 11) is 0. The number of alkyl halides is 3. The lowest BCUT2D eigenvalue weighted by molar-refractivity contribution is -0.174. The summed E-state index contributed by atoms with van der Waals surface area (Å²) in [5.74, 6) is -3.07. The summed E-state index contributed by atoms with van der Waals surface area (Å²) in [6.45, 7) is 6.80. The second-order valence-corrected chi connectivity index (χ2v) is 11.2. The highest BCUT2D eigenvalue weighted by atomic mass is 35.5. The van der Waals surface area contributed by atoms with Gasteiger partial charge in [0.25, 0.3) is 0 Å². The van der Waals surface area contributed by atoms with Crippen molar-refractivity contribution in [3.8, 4) is 6.07 Å². The van der Waals surface area contributed by atoms with Crippen LogP contribution in [0.25, 0.3) is 10.8 Å². The number of hydrogen-bond donors (Lipinski definition) is 2. The lowest BCUT2D eigenvalue weighted by atomic mass is 9.80. The maximum atomic E-state index is 13.3. The van der Waals surface area contributed by atoms with Gasteiger partial charge in [-0.3, -0.25) is 19.4 Å². The molecule has 3 amide bonds. The summed E-state index contributed by atoms with van der Waals surface area (Å²) >= 11 is 6.33. The molecule has 1 saturated heterocycles. The maximum Gasteiger partial charge on any atom is 0.471 e. The Morgan fingerprint density at radius 1 is 1.23 bits per heavy atom. The average Bonchev–Trinajstić information content (AvgIpc) is 3.61. The van der Waals surface area contributed by atoms with Crippen LogP contribution in [0.3, 0.4) is 0 Å². The van der Waals surface area contributed by atoms with Crippen LogP contribution in [0.1, 0.15) is 52.1 Å². The highest BCUT2D eigenvalue weighted by molar-refractivity contribution is 6.35. The molecule has 2 fully saturated rings. The second-order valence-electron chi connectivity index (χ2n) is 10.7. The van der Waals surface area contributed by atoms with Crippen LogP contribution in [0, 0.1) is 28.6 Å². The Balaban J connectivity index is 0.000000960. The smallest absolute Gasteiger partial charge is 0.339 e. The van der Waals surface area contributed by atoms with E-state index in [4.69, 9.17) is 11.6 Å². The first-order valence-electron chi connectivity index (χ1n) is 12.5. The Hall–Kier alpha value is -3.39. The Bertz CT molecular complexity index is 1280. The lowest BCUT2D eigenvalue weighted by Crippen LogP contribution is -2.52. The van der Waals surface area contributed by atoms with Crippen molar-refractivity contribution in [3.63, 3.8) is 0 Å². The molecule has 4 rings (SSSR count). The number of nitriles is 1. The monoisotopic (exact) mass is 565 g/mol. The first-order valence-corrected chi connectivity index (χ1v) is 12.9. The van der Waals surface area contributed by atoms with Gasteiger partial charge in [0.15, 0.2) is 0 Å². The van der Waals surface area contributed by atoms with Gasteiger partial charge in [0.1, 0.15) is 12.1 Å². The molecule has 8 nitrogen and oxygen atoms in total. The van der Waals surface area contributed by atoms with Crippen LogP contribution in [0.2, 0.25) is 5.02 Å². The summed E-state index contributed by atoms with van der Waals surface area (Å²) < 4.78 is 37.5. The van der Waals surface area contributed by atoms with Crippen LogP contribution < -0.4 is 10.6 Å². The summed E-state index contributed by atoms with van der Waals surface area (Å²) in [6, 6.07) is 4.90. The van der Waals surface area contributed by atoms with E-state index in [0.717, 1.165) is 10.8 Å². The molecule has 0 bridgehead atoms. The van der Waals surface area contributed by atoms with Gasteiger partial charge in [-0.25, -0.2) is 0 Å². The molecular weight excluding hydrogens is 535 g/mol. The fourth-order valence-corrected chi connectivity index (χ4v) is 4.65. The number of nitrogens with zero attached hydrogens (tertiary/aromatic N) is 3. The molecule has 12 heteroatoms. The van der Waals surface area contributed by atoms with Crippen LogP contribution in [0.15, 0.2) is 30.6 Å². The largest absolute Gasteiger partial charge is 0.471 e. The van der Waals surface area contributed by atoms with Crippen molar-refractivity contribution in [2.45, 2.75) is 58.8 Å². The molecule has 3 atom stereocenters. The van der Waals surface area contributed by atoms with Gasteiger partial charge in [-0.05, 0) is 23.3 Å². The van der Waals surface area contributed by atoms with E-state index < -0.39 is 53.9 Å². The van der Waals surface area contributed by atoms with Gasteiger partial charge in [-0.1, -0.05) is 64.3 Å². The number of benzene rings is 1. The van der Waals surface area contributed by atoms with Crippen molar-refractivity contribution >= 4 is 40.1 Å². The van der Waals surface area contributed by atoms with Crippen LogP contribution in [-0.4, -0.2) is 52.9 Å². The zero-order chi connectivity index (χ0) is 29.1. The Kier molecular flexibility index (Phi) is 9.11. The Labute approximate surface area is 229 Å². The molecule has 1 aliphatic carbocycles. The van der Waals surface area contributed by atoms with Gasteiger partial charge in [-0.15, -0.1) is 0 Å². The quantitative estimate of drug-likeness (QED) is 0.552. The van der Waals surface area contributed by atoms with Crippen molar-refractivity contribution in [2.24, 2.45) is 17.3 Å². The first kappa shape index (κ1) is 30.2. The number of fused-ring (bicyclic) bond motifs is 1. The number of halogens is 4. The molecule has 2 aliphatic rings. The van der Waals surface area contributed by atoms with Gasteiger partial charge in [0.05, 0.1) is 12.6 Å². The number of hydrogen-bond acceptors (Lipinski definition) is 5. The number of likely N-dealkylation sites (tertiary alicyclic amines) is 1. The number of rotatable bonds is 5. The predicted molar refractivity (Wildman–Crippen MR) is 139 cm³/mol. The number of carbonyl (C=O) groups excluding carboxylic acids is 3. The molecule has 2 aromatic rings. The highest BCUT2D eigenvalue weighted by Crippen LogP contribution is 2.40. The third-order valence-corrected chi connectivity index (χ3v) is 7.54. The third kappa shape index (κ3) is 7.18. The van der Waals surface area contributed by atoms with Gasteiger partial charge in [-0.2, -0.15) is 18.4 Å². The maximum absolute atomic E-state index is 13.3. The number of amides is 3. The van der Waals surface area contributed by atoms with Crippen molar-refractivity contribution in [1.29, 1.82) is 5.26 Å². The van der Waals surface area contributed by atoms with Gasteiger partial charge in [0.2, 0.25) is 11.8 Å². The summed E-state index contributed by atoms with van der Waals surface area (Å²) in [4.78, 5) is 42.5. The van der Waals surface area contributed by atoms with E-state index in [9.17, 15) is 32.8 Å². The Morgan fingerprint density at radius 2 is 1.87 bits per heavy atom. The van der Waals surface area contributed by atoms with Crippen molar-refractivity contribution < 1.29 is 27.6 Å². The van der Waals surface area contributed by atoms with Crippen molar-refractivity contribution in [3.05, 3.63) is 41.2 Å². The van der Waals surface area contributed by atoms with E-state index in [1.54, 1.807) is 36.6 Å². The normalized spacial score (nSPS) is 20.8. The molecule has 1 aliphatic heterocycles. The van der Waals surface area contributed by atoms with Crippen LogP contribution in [-0.2, 0) is 14.4 Å². The van der Waals surface area contributed by atoms with Gasteiger partial charge in [0, 0.05) is 40.3 Å². The SMILES string of the molecule is CC1CC1.C[C@H]1[C@@H](C(=O)NC(C#N)c2cncc3cccc(Cl)c23)N(C(=O)CNC(=O)C(F)(F)F)CC1(C)C. The standard InChI is InChI=1S/C23H23ClF3N5O3.C4H8/c1-12-19(32(11-22(12,2)3)17(33)10-30-21(35)23(25,26)27)20(34)31-16(7-28)14-9-29-8-13-5-4-6-15(24)18(13)14;1-4-2-3-4/h4-6,8-9,12,16,19H,10-11H2,1-3H3,(H,30,35)(H,31,34);4H,2-3H2,1H3/t12-,16?,19-;/m0./s1. The summed E-state index contributed by atoms with van der Waals surface area (Å²) in [5.41, 5.74) is -0.192. The predicted octanol–water partition coefficient (Wildman–Crippen LogP) is 4.54. The van der Waals surface area contributed by atoms with E-state index in [1.807, 2.05) is 19.9 Å². The topological polar surface area (TPSA) is 115 Å². The first-order chi connectivity index (χ1) is 18.2. The molecule has 2 heterocycles. The molecule has 1 unspecified atom stereocenters. The molecule has 1 saturated carbocycles. The molecule has 210 valence electrons. The molecule has 1 aromatic carbocycles. The summed E-state index contributed by atoms with van der Waals surface area (Å²) in [5, 5.41) is 15.6. The van der Waals surface area contributed by atoms with Crippen LogP contribution in [0.5, 0.6) is 0 Å². The molecule has 2 N–H and O–H groups in total. The number of carbonyl (C=O) groups is 3. The lowest BCUT2D eigenvalue weighted by Gasteiger charge is -2.28. The number of nitrogens with one attached hydrogen (secondary N) is 2. The van der Waals surface area contributed by atoms with Crippen molar-refractivity contribution in [1.82, 2.24) is 20.5 Å². The van der Waals surface area contributed by atoms with E-state index in [2.05, 4.69) is 17.2 Å². The van der Waals surface area contributed by atoms with E-state index >= 15 is 0 Å². The minimum Gasteiger partial charge on any atom is -0.339 e. The highest BCUT2D eigenvalue weighted by Gasteiger charge is 2.50. The minimum absolute atomic E-state index is 0.0752. The minimum atomic E-state index is -5.14. The van der Waals surface area contributed by atoms with E-state index in [-0.39, 0.29) is 6.54 Å². The Morgan fingerprint density at radius 3 is 2.44 bits per heavy atom. The summed E-state index contributed by atoms with van der Waals surface area (Å²) in [6.07, 6.45) is 0.820. The molecule has 39 heavy (non-hydrogen) atoms.